The summed E-state index contributed by atoms with van der Waals surface area (Å²) < 4.78 is 41.2. The summed E-state index contributed by atoms with van der Waals surface area (Å²) in [4.78, 5) is 29.9. The van der Waals surface area contributed by atoms with Gasteiger partial charge in [0, 0.05) is 17.3 Å². The van der Waals surface area contributed by atoms with Crippen LogP contribution in [0.5, 0.6) is 17.4 Å². The zero-order valence-electron chi connectivity index (χ0n) is 21.8. The second kappa shape index (κ2) is 10.9. The summed E-state index contributed by atoms with van der Waals surface area (Å²) >= 11 is 0. The van der Waals surface area contributed by atoms with Crippen molar-refractivity contribution in [3.05, 3.63) is 72.2 Å². The van der Waals surface area contributed by atoms with E-state index in [-0.39, 0.29) is 23.9 Å². The van der Waals surface area contributed by atoms with E-state index in [9.17, 15) is 19.1 Å². The van der Waals surface area contributed by atoms with Crippen LogP contribution in [0.3, 0.4) is 0 Å². The Balaban J connectivity index is 1.28. The summed E-state index contributed by atoms with van der Waals surface area (Å²) in [7, 11) is 0. The van der Waals surface area contributed by atoms with E-state index < -0.39 is 35.0 Å². The van der Waals surface area contributed by atoms with Gasteiger partial charge in [0.25, 0.3) is 0 Å². The number of aliphatic hydroxyl groups is 1. The molecule has 4 aromatic rings. The first-order chi connectivity index (χ1) is 19.2. The number of aliphatic hydroxyl groups excluding tert-OH is 1. The number of aromatic nitrogens is 3. The number of hydrogen-bond acceptors (Lipinski definition) is 7. The standard InChI is InChI=1S/C28H27F2N5O5/c1-3-19(36)14-39-23-13-35-24(16(23)2)25(31-15-32-35)40-20-8-9-22(21(30)12-20)34-27(38)28(10-11-28)26(37)33-18-6-4-17(29)5-7-18/h4-9,12-13,15,19,36H,3,10-11,14H2,1-2H3,(H,33,37)(H,34,38). The maximum absolute atomic E-state index is 15.0. The molecule has 208 valence electrons. The van der Waals surface area contributed by atoms with Crippen LogP contribution < -0.4 is 20.1 Å². The third kappa shape index (κ3) is 5.43. The third-order valence-electron chi connectivity index (χ3n) is 6.77. The topological polar surface area (TPSA) is 127 Å². The number of carbonyl (C=O) groups excluding carboxylic acids is 2. The molecule has 0 spiro atoms. The van der Waals surface area contributed by atoms with Crippen LogP contribution in [0.2, 0.25) is 0 Å². The van der Waals surface area contributed by atoms with E-state index in [1.165, 1.54) is 47.2 Å². The molecule has 0 saturated heterocycles. The number of carbonyl (C=O) groups is 2. The molecule has 0 bridgehead atoms. The average molecular weight is 552 g/mol. The number of anilines is 2. The van der Waals surface area contributed by atoms with E-state index in [4.69, 9.17) is 9.47 Å². The number of hydrogen-bond donors (Lipinski definition) is 3. The molecule has 1 fully saturated rings. The lowest BCUT2D eigenvalue weighted by Gasteiger charge is -2.16. The molecule has 1 saturated carbocycles. The van der Waals surface area contributed by atoms with Crippen LogP contribution in [0.15, 0.2) is 55.0 Å². The van der Waals surface area contributed by atoms with Crippen LogP contribution in [-0.4, -0.2) is 44.2 Å². The van der Waals surface area contributed by atoms with Crippen LogP contribution in [-0.2, 0) is 9.59 Å². The van der Waals surface area contributed by atoms with Gasteiger partial charge in [0.05, 0.1) is 18.0 Å². The van der Waals surface area contributed by atoms with Gasteiger partial charge in [0.1, 0.15) is 47.0 Å². The Bertz CT molecular complexity index is 1570. The van der Waals surface area contributed by atoms with Crippen molar-refractivity contribution in [2.75, 3.05) is 17.2 Å². The zero-order valence-corrected chi connectivity index (χ0v) is 21.8. The van der Waals surface area contributed by atoms with Crippen molar-refractivity contribution in [3.8, 4) is 17.4 Å². The number of fused-ring (bicyclic) bond motifs is 1. The fourth-order valence-corrected chi connectivity index (χ4v) is 4.11. The Morgan fingerprint density at radius 1 is 1.12 bits per heavy atom. The highest BCUT2D eigenvalue weighted by Crippen LogP contribution is 2.47. The van der Waals surface area contributed by atoms with Crippen molar-refractivity contribution in [3.63, 3.8) is 0 Å². The quantitative estimate of drug-likeness (QED) is 0.246. The molecule has 10 nitrogen and oxygen atoms in total. The number of amides is 2. The van der Waals surface area contributed by atoms with E-state index in [0.29, 0.717) is 41.8 Å². The lowest BCUT2D eigenvalue weighted by atomic mass is 10.0. The van der Waals surface area contributed by atoms with Gasteiger partial charge in [0.15, 0.2) is 0 Å². The normalized spacial score (nSPS) is 14.4. The lowest BCUT2D eigenvalue weighted by molar-refractivity contribution is -0.131. The minimum absolute atomic E-state index is 0.116. The predicted octanol–water partition coefficient (Wildman–Crippen LogP) is 4.62. The fraction of sp³-hybridized carbons (Fsp3) is 0.286. The highest BCUT2D eigenvalue weighted by Gasteiger charge is 2.56. The number of aryl methyl sites for hydroxylation is 1. The largest absolute Gasteiger partial charge is 0.489 e. The van der Waals surface area contributed by atoms with Crippen molar-refractivity contribution in [2.24, 2.45) is 5.41 Å². The first-order valence-corrected chi connectivity index (χ1v) is 12.7. The first kappa shape index (κ1) is 27.0. The van der Waals surface area contributed by atoms with E-state index >= 15 is 4.39 Å². The van der Waals surface area contributed by atoms with Crippen LogP contribution in [0.4, 0.5) is 20.2 Å². The molecule has 0 aliphatic heterocycles. The molecule has 0 radical (unpaired) electrons. The highest BCUT2D eigenvalue weighted by atomic mass is 19.1. The lowest BCUT2D eigenvalue weighted by Crippen LogP contribution is -2.35. The molecule has 12 heteroatoms. The summed E-state index contributed by atoms with van der Waals surface area (Å²) in [5.41, 5.74) is 0.0886. The Morgan fingerprint density at radius 2 is 1.85 bits per heavy atom. The molecule has 40 heavy (non-hydrogen) atoms. The van der Waals surface area contributed by atoms with Crippen LogP contribution in [0.1, 0.15) is 31.7 Å². The Kier molecular flexibility index (Phi) is 7.35. The molecule has 1 unspecified atom stereocenters. The van der Waals surface area contributed by atoms with Gasteiger partial charge in [-0.15, -0.1) is 0 Å². The fourth-order valence-electron chi connectivity index (χ4n) is 4.11. The molecular formula is C28H27F2N5O5. The van der Waals surface area contributed by atoms with Gasteiger partial charge in [-0.05, 0) is 62.6 Å². The third-order valence-corrected chi connectivity index (χ3v) is 6.77. The summed E-state index contributed by atoms with van der Waals surface area (Å²) in [6.07, 6.45) is 3.47. The monoisotopic (exact) mass is 551 g/mol. The van der Waals surface area contributed by atoms with E-state index in [0.717, 1.165) is 6.07 Å². The number of nitrogens with one attached hydrogen (secondary N) is 2. The zero-order chi connectivity index (χ0) is 28.4. The SMILES string of the molecule is CCC(O)COc1cn2ncnc(Oc3ccc(NC(=O)C4(C(=O)Nc5ccc(F)cc5)CC4)c(F)c3)c2c1C. The van der Waals surface area contributed by atoms with Crippen LogP contribution in [0.25, 0.3) is 5.52 Å². The molecule has 3 N–H and O–H groups in total. The Labute approximate surface area is 227 Å². The van der Waals surface area contributed by atoms with Crippen LogP contribution in [0, 0.1) is 24.0 Å². The van der Waals surface area contributed by atoms with Gasteiger partial charge in [-0.2, -0.15) is 10.1 Å². The molecule has 5 rings (SSSR count). The maximum atomic E-state index is 15.0. The molecule has 2 heterocycles. The molecule has 1 aliphatic carbocycles. The molecule has 1 atom stereocenters. The van der Waals surface area contributed by atoms with Crippen LogP contribution >= 0.6 is 0 Å². The maximum Gasteiger partial charge on any atom is 0.247 e. The second-order valence-electron chi connectivity index (χ2n) is 9.59. The number of rotatable bonds is 10. The highest BCUT2D eigenvalue weighted by molar-refractivity contribution is 6.16. The number of halogens is 2. The number of benzene rings is 2. The summed E-state index contributed by atoms with van der Waals surface area (Å²) in [6, 6.07) is 9.08. The van der Waals surface area contributed by atoms with Crippen molar-refractivity contribution in [1.29, 1.82) is 0 Å². The summed E-state index contributed by atoms with van der Waals surface area (Å²) in [6.45, 7) is 3.76. The Morgan fingerprint density at radius 3 is 2.52 bits per heavy atom. The van der Waals surface area contributed by atoms with Gasteiger partial charge >= 0.3 is 0 Å². The van der Waals surface area contributed by atoms with E-state index in [2.05, 4.69) is 20.7 Å². The molecule has 2 amide bonds. The van der Waals surface area contributed by atoms with E-state index in [1.54, 1.807) is 13.1 Å². The van der Waals surface area contributed by atoms with Gasteiger partial charge in [-0.25, -0.2) is 13.3 Å². The van der Waals surface area contributed by atoms with Crippen molar-refractivity contribution < 1.29 is 33.0 Å². The van der Waals surface area contributed by atoms with Gasteiger partial charge in [-0.3, -0.25) is 9.59 Å². The minimum atomic E-state index is -1.33. The summed E-state index contributed by atoms with van der Waals surface area (Å²) in [5, 5.41) is 19.1. The first-order valence-electron chi connectivity index (χ1n) is 12.7. The van der Waals surface area contributed by atoms with Gasteiger partial charge in [0.2, 0.25) is 17.7 Å². The molecule has 1 aliphatic rings. The van der Waals surface area contributed by atoms with Crippen molar-refractivity contribution in [1.82, 2.24) is 14.6 Å². The van der Waals surface area contributed by atoms with Gasteiger partial charge < -0.3 is 25.2 Å². The Hall–Kier alpha value is -4.58. The average Bonchev–Trinajstić information content (AvgIpc) is 3.69. The molecular weight excluding hydrogens is 524 g/mol. The predicted molar refractivity (Wildman–Crippen MR) is 141 cm³/mol. The van der Waals surface area contributed by atoms with E-state index in [1.807, 2.05) is 6.92 Å². The minimum Gasteiger partial charge on any atom is -0.489 e. The number of ether oxygens (including phenoxy) is 2. The summed E-state index contributed by atoms with van der Waals surface area (Å²) in [5.74, 6) is -1.62. The van der Waals surface area contributed by atoms with Crippen molar-refractivity contribution in [2.45, 2.75) is 39.2 Å². The molecule has 2 aromatic heterocycles. The molecule has 2 aromatic carbocycles. The second-order valence-corrected chi connectivity index (χ2v) is 9.59. The number of nitrogens with zero attached hydrogens (tertiary/aromatic N) is 3. The smallest absolute Gasteiger partial charge is 0.247 e. The van der Waals surface area contributed by atoms with Crippen molar-refractivity contribution >= 4 is 28.7 Å². The van der Waals surface area contributed by atoms with Gasteiger partial charge in [-0.1, -0.05) is 6.92 Å².